The molecular weight excluding hydrogens is 261 g/mol. The van der Waals surface area contributed by atoms with E-state index < -0.39 is 17.8 Å². The van der Waals surface area contributed by atoms with E-state index in [9.17, 15) is 18.0 Å². The Morgan fingerprint density at radius 2 is 2.11 bits per heavy atom. The molecule has 1 aromatic heterocycles. The number of carbonyl (C=O) groups is 1. The number of rotatable bonds is 3. The number of aromatic nitrogens is 2. The first-order valence-corrected chi connectivity index (χ1v) is 6.14. The largest absolute Gasteiger partial charge is 0.462 e. The van der Waals surface area contributed by atoms with Crippen LogP contribution in [0.15, 0.2) is 0 Å². The van der Waals surface area contributed by atoms with E-state index in [1.165, 1.54) is 0 Å². The van der Waals surface area contributed by atoms with E-state index >= 15 is 0 Å². The predicted octanol–water partition coefficient (Wildman–Crippen LogP) is 2.34. The molecule has 0 amide bonds. The number of carbonyl (C=O) groups excluding carboxylic acids is 1. The van der Waals surface area contributed by atoms with Crippen molar-refractivity contribution >= 4 is 5.97 Å². The van der Waals surface area contributed by atoms with Crippen molar-refractivity contribution in [1.82, 2.24) is 9.78 Å². The van der Waals surface area contributed by atoms with Crippen molar-refractivity contribution in [2.75, 3.05) is 0 Å². The number of hydrogen-bond acceptors (Lipinski definition) is 3. The molecule has 106 valence electrons. The monoisotopic (exact) mass is 276 g/mol. The van der Waals surface area contributed by atoms with Gasteiger partial charge >= 0.3 is 12.1 Å². The summed E-state index contributed by atoms with van der Waals surface area (Å²) in [4.78, 5) is 11.5. The highest BCUT2D eigenvalue weighted by Gasteiger charge is 2.40. The highest BCUT2D eigenvalue weighted by Crippen LogP contribution is 2.36. The standard InChI is InChI=1S/C12H15F3N2O2/c1-7(2)19-10(18)6-17-9-5-3-4-8(9)11(16-17)12(13,14)15/h7H,3-6H2,1-2H3. The Bertz CT molecular complexity index is 492. The minimum Gasteiger partial charge on any atom is -0.462 e. The average molecular weight is 276 g/mol. The molecule has 7 heteroatoms. The van der Waals surface area contributed by atoms with E-state index in [1.54, 1.807) is 13.8 Å². The number of fused-ring (bicyclic) bond motifs is 1. The summed E-state index contributed by atoms with van der Waals surface area (Å²) in [5.41, 5.74) is -0.129. The highest BCUT2D eigenvalue weighted by atomic mass is 19.4. The SMILES string of the molecule is CC(C)OC(=O)Cn1nc(C(F)(F)F)c2c1CCC2. The Morgan fingerprint density at radius 1 is 1.42 bits per heavy atom. The number of hydrogen-bond donors (Lipinski definition) is 0. The molecule has 4 nitrogen and oxygen atoms in total. The van der Waals surface area contributed by atoms with E-state index in [0.717, 1.165) is 4.68 Å². The van der Waals surface area contributed by atoms with Crippen molar-refractivity contribution in [1.29, 1.82) is 0 Å². The van der Waals surface area contributed by atoms with Gasteiger partial charge in [0.1, 0.15) is 6.54 Å². The molecule has 0 fully saturated rings. The molecule has 0 unspecified atom stereocenters. The van der Waals surface area contributed by atoms with Crippen LogP contribution in [0.25, 0.3) is 0 Å². The van der Waals surface area contributed by atoms with Crippen LogP contribution in [-0.4, -0.2) is 21.9 Å². The molecule has 0 saturated carbocycles. The van der Waals surface area contributed by atoms with Gasteiger partial charge in [-0.2, -0.15) is 18.3 Å². The van der Waals surface area contributed by atoms with Crippen LogP contribution in [0.5, 0.6) is 0 Å². The van der Waals surface area contributed by atoms with Gasteiger partial charge in [-0.25, -0.2) is 0 Å². The first kappa shape index (κ1) is 13.9. The van der Waals surface area contributed by atoms with Crippen molar-refractivity contribution in [2.24, 2.45) is 0 Å². The molecule has 0 atom stereocenters. The third-order valence-electron chi connectivity index (χ3n) is 2.92. The minimum atomic E-state index is -4.47. The summed E-state index contributed by atoms with van der Waals surface area (Å²) in [6.45, 7) is 3.11. The van der Waals surface area contributed by atoms with Crippen LogP contribution < -0.4 is 0 Å². The minimum absolute atomic E-state index is 0.227. The molecule has 1 aliphatic rings. The molecule has 0 aliphatic heterocycles. The van der Waals surface area contributed by atoms with Crippen LogP contribution in [0.3, 0.4) is 0 Å². The van der Waals surface area contributed by atoms with E-state index in [4.69, 9.17) is 4.74 Å². The second-order valence-corrected chi connectivity index (χ2v) is 4.82. The fraction of sp³-hybridized carbons (Fsp3) is 0.667. The second-order valence-electron chi connectivity index (χ2n) is 4.82. The maximum atomic E-state index is 12.8. The number of ether oxygens (including phenoxy) is 1. The highest BCUT2D eigenvalue weighted by molar-refractivity contribution is 5.69. The van der Waals surface area contributed by atoms with Gasteiger partial charge in [0.2, 0.25) is 0 Å². The van der Waals surface area contributed by atoms with Gasteiger partial charge in [-0.3, -0.25) is 9.48 Å². The number of halogens is 3. The van der Waals surface area contributed by atoms with Gasteiger partial charge in [0.05, 0.1) is 6.10 Å². The predicted molar refractivity (Wildman–Crippen MR) is 60.5 cm³/mol. The fourth-order valence-corrected chi connectivity index (χ4v) is 2.29. The average Bonchev–Trinajstić information content (AvgIpc) is 2.78. The first-order valence-electron chi connectivity index (χ1n) is 6.14. The molecule has 0 saturated heterocycles. The third kappa shape index (κ3) is 2.90. The van der Waals surface area contributed by atoms with Crippen molar-refractivity contribution in [3.05, 3.63) is 17.0 Å². The van der Waals surface area contributed by atoms with Gasteiger partial charge in [-0.05, 0) is 33.1 Å². The molecule has 1 aliphatic carbocycles. The van der Waals surface area contributed by atoms with E-state index in [0.29, 0.717) is 25.0 Å². The summed E-state index contributed by atoms with van der Waals surface area (Å²) in [5, 5.41) is 3.54. The zero-order chi connectivity index (χ0) is 14.2. The lowest BCUT2D eigenvalue weighted by atomic mass is 10.2. The molecule has 0 aromatic carbocycles. The summed E-state index contributed by atoms with van der Waals surface area (Å²) in [5.74, 6) is -0.569. The summed E-state index contributed by atoms with van der Waals surface area (Å²) in [6.07, 6.45) is -3.22. The molecule has 2 rings (SSSR count). The van der Waals surface area contributed by atoms with Gasteiger partial charge < -0.3 is 4.74 Å². The topological polar surface area (TPSA) is 44.1 Å². The molecule has 0 spiro atoms. The Kier molecular flexibility index (Phi) is 3.56. The van der Waals surface area contributed by atoms with Crippen LogP contribution in [0.2, 0.25) is 0 Å². The van der Waals surface area contributed by atoms with Crippen molar-refractivity contribution < 1.29 is 22.7 Å². The number of nitrogens with zero attached hydrogens (tertiary/aromatic N) is 2. The van der Waals surface area contributed by atoms with Gasteiger partial charge in [0, 0.05) is 11.3 Å². The Hall–Kier alpha value is -1.53. The second kappa shape index (κ2) is 4.86. The zero-order valence-corrected chi connectivity index (χ0v) is 10.8. The zero-order valence-electron chi connectivity index (χ0n) is 10.8. The fourth-order valence-electron chi connectivity index (χ4n) is 2.29. The Labute approximate surface area is 108 Å². The summed E-state index contributed by atoms with van der Waals surface area (Å²) in [6, 6.07) is 0. The quantitative estimate of drug-likeness (QED) is 0.796. The van der Waals surface area contributed by atoms with Crippen LogP contribution in [0.1, 0.15) is 37.2 Å². The molecule has 19 heavy (non-hydrogen) atoms. The Balaban J connectivity index is 2.25. The molecule has 0 N–H and O–H groups in total. The first-order chi connectivity index (χ1) is 8.79. The summed E-state index contributed by atoms with van der Waals surface area (Å²) >= 11 is 0. The molecule has 1 aromatic rings. The van der Waals surface area contributed by atoms with Crippen LogP contribution in [0.4, 0.5) is 13.2 Å². The molecule has 1 heterocycles. The molecule has 0 radical (unpaired) electrons. The number of esters is 1. The normalized spacial score (nSPS) is 14.8. The van der Waals surface area contributed by atoms with E-state index in [1.807, 2.05) is 0 Å². The van der Waals surface area contributed by atoms with Gasteiger partial charge in [0.25, 0.3) is 0 Å². The van der Waals surface area contributed by atoms with Gasteiger partial charge in [0.15, 0.2) is 5.69 Å². The lowest BCUT2D eigenvalue weighted by Crippen LogP contribution is -2.20. The number of alkyl halides is 3. The Morgan fingerprint density at radius 3 is 2.68 bits per heavy atom. The van der Waals surface area contributed by atoms with Gasteiger partial charge in [-0.1, -0.05) is 0 Å². The van der Waals surface area contributed by atoms with Gasteiger partial charge in [-0.15, -0.1) is 0 Å². The maximum Gasteiger partial charge on any atom is 0.435 e. The van der Waals surface area contributed by atoms with Crippen LogP contribution >= 0.6 is 0 Å². The van der Waals surface area contributed by atoms with Crippen LogP contribution in [-0.2, 0) is 35.1 Å². The lowest BCUT2D eigenvalue weighted by molar-refractivity contribution is -0.149. The van der Waals surface area contributed by atoms with E-state index in [2.05, 4.69) is 5.10 Å². The third-order valence-corrected chi connectivity index (χ3v) is 2.92. The summed E-state index contributed by atoms with van der Waals surface area (Å²) in [7, 11) is 0. The smallest absolute Gasteiger partial charge is 0.435 e. The van der Waals surface area contributed by atoms with Crippen molar-refractivity contribution in [3.8, 4) is 0 Å². The molecular formula is C12H15F3N2O2. The molecule has 0 bridgehead atoms. The lowest BCUT2D eigenvalue weighted by Gasteiger charge is -2.09. The van der Waals surface area contributed by atoms with Crippen LogP contribution in [0, 0.1) is 0 Å². The van der Waals surface area contributed by atoms with Crippen molar-refractivity contribution in [3.63, 3.8) is 0 Å². The van der Waals surface area contributed by atoms with E-state index in [-0.39, 0.29) is 18.2 Å². The summed E-state index contributed by atoms with van der Waals surface area (Å²) < 4.78 is 44.5. The maximum absolute atomic E-state index is 12.8. The van der Waals surface area contributed by atoms with Crippen molar-refractivity contribution in [2.45, 2.75) is 51.9 Å².